The molecule has 0 aromatic heterocycles. The maximum atomic E-state index is 2.76. The van der Waals surface area contributed by atoms with Gasteiger partial charge in [-0.25, -0.2) is 0 Å². The second kappa shape index (κ2) is 12.0. The summed E-state index contributed by atoms with van der Waals surface area (Å²) in [4.78, 5) is 10.7. The molecule has 2 aliphatic heterocycles. The third kappa shape index (κ3) is 5.54. The molecule has 4 nitrogen and oxygen atoms in total. The van der Waals surface area contributed by atoms with Gasteiger partial charge < -0.3 is 19.6 Å². The summed E-state index contributed by atoms with van der Waals surface area (Å²) in [7, 11) is 0. The Morgan fingerprint density at radius 3 is 1.39 bits per heavy atom. The predicted molar refractivity (Wildman–Crippen MR) is 198 cm³/mol. The van der Waals surface area contributed by atoms with Gasteiger partial charge in [0.05, 0.1) is 25.0 Å². The van der Waals surface area contributed by atoms with Crippen molar-refractivity contribution in [2.75, 3.05) is 41.0 Å². The van der Waals surface area contributed by atoms with Crippen LogP contribution in [0.25, 0.3) is 0 Å². The largest absolute Gasteiger partial charge is 0.347 e. The number of aryl methyl sites for hydroxylation is 9. The fourth-order valence-electron chi connectivity index (χ4n) is 9.31. The fraction of sp³-hybridized carbons (Fsp3) is 0.429. The Morgan fingerprint density at radius 2 is 0.978 bits per heavy atom. The van der Waals surface area contributed by atoms with E-state index in [2.05, 4.69) is 151 Å². The molecule has 2 atom stereocenters. The van der Waals surface area contributed by atoms with Crippen molar-refractivity contribution in [3.05, 3.63) is 121 Å². The van der Waals surface area contributed by atoms with E-state index in [1.165, 1.54) is 89.8 Å². The fourth-order valence-corrected chi connectivity index (χ4v) is 9.31. The third-order valence-corrected chi connectivity index (χ3v) is 10.4. The molecule has 0 spiro atoms. The molecule has 2 heterocycles. The summed E-state index contributed by atoms with van der Waals surface area (Å²) in [6, 6.07) is 14.4. The Labute approximate surface area is 278 Å². The van der Waals surface area contributed by atoms with E-state index in [4.69, 9.17) is 0 Å². The Bertz CT molecular complexity index is 1670. The lowest BCUT2D eigenvalue weighted by atomic mass is 9.86. The van der Waals surface area contributed by atoms with Gasteiger partial charge in [-0.05, 0) is 115 Å². The summed E-state index contributed by atoms with van der Waals surface area (Å²) >= 11 is 0. The molecular formula is C42H54N4. The lowest BCUT2D eigenvalue weighted by Crippen LogP contribution is -2.42. The van der Waals surface area contributed by atoms with Crippen LogP contribution in [-0.4, -0.2) is 37.2 Å². The first-order valence-electron chi connectivity index (χ1n) is 17.1. The van der Waals surface area contributed by atoms with Crippen molar-refractivity contribution in [1.29, 1.82) is 0 Å². The lowest BCUT2D eigenvalue weighted by Gasteiger charge is -2.39. The number of anilines is 3. The summed E-state index contributed by atoms with van der Waals surface area (Å²) in [5, 5.41) is 0. The molecule has 1 aliphatic carbocycles. The highest BCUT2D eigenvalue weighted by atomic mass is 15.5. The number of hydrogen-bond donors (Lipinski definition) is 0. The highest BCUT2D eigenvalue weighted by molar-refractivity contribution is 5.74. The normalized spacial score (nSPS) is 20.3. The van der Waals surface area contributed by atoms with Gasteiger partial charge >= 0.3 is 0 Å². The van der Waals surface area contributed by atoms with Crippen LogP contribution in [0.4, 0.5) is 17.1 Å². The molecule has 0 N–H and O–H groups in total. The molecule has 0 radical (unpaired) electrons. The van der Waals surface area contributed by atoms with Gasteiger partial charge in [-0.15, -0.1) is 0 Å². The van der Waals surface area contributed by atoms with Crippen molar-refractivity contribution >= 4 is 17.1 Å². The summed E-state index contributed by atoms with van der Waals surface area (Å²) in [5.74, 6) is 1.76. The van der Waals surface area contributed by atoms with E-state index in [9.17, 15) is 0 Å². The average Bonchev–Trinajstić information content (AvgIpc) is 3.51. The molecule has 3 aromatic rings. The lowest BCUT2D eigenvalue weighted by molar-refractivity contribution is 0.270. The zero-order valence-electron chi connectivity index (χ0n) is 30.4. The van der Waals surface area contributed by atoms with E-state index < -0.39 is 0 Å². The van der Waals surface area contributed by atoms with Crippen molar-refractivity contribution in [2.45, 2.75) is 89.1 Å². The summed E-state index contributed by atoms with van der Waals surface area (Å²) in [6.45, 7) is 31.1. The molecule has 0 amide bonds. The Morgan fingerprint density at radius 1 is 0.565 bits per heavy atom. The Hall–Kier alpha value is -3.92. The average molecular weight is 615 g/mol. The van der Waals surface area contributed by atoms with Crippen molar-refractivity contribution in [3.8, 4) is 0 Å². The number of allylic oxidation sites excluding steroid dienone is 2. The molecule has 46 heavy (non-hydrogen) atoms. The minimum absolute atomic E-state index is 0.298. The van der Waals surface area contributed by atoms with E-state index in [0.29, 0.717) is 12.0 Å². The third-order valence-electron chi connectivity index (χ3n) is 10.4. The standard InChI is InChI=1S/C42H54N4/c1-25-15-29(5)38(30(6)16-25)43-23-37(46(24-43)41-35(11)21-28(4)22-36(41)12)42-44(39-31(7)17-26(2)18-32(39)8)13-14-45(42)40-33(9)19-27(3)20-34(40)10/h15-22,35,41H,13-14,23-24H2,1-12H3. The Balaban J connectivity index is 1.63. The Kier molecular flexibility index (Phi) is 8.38. The maximum absolute atomic E-state index is 2.76. The molecular weight excluding hydrogens is 560 g/mol. The van der Waals surface area contributed by atoms with Gasteiger partial charge in [0, 0.05) is 30.2 Å². The van der Waals surface area contributed by atoms with Crippen molar-refractivity contribution in [1.82, 2.24) is 4.90 Å². The first-order valence-corrected chi connectivity index (χ1v) is 17.1. The molecule has 242 valence electrons. The van der Waals surface area contributed by atoms with Crippen LogP contribution in [0.15, 0.2) is 71.2 Å². The van der Waals surface area contributed by atoms with Crippen LogP contribution in [0, 0.1) is 68.2 Å². The van der Waals surface area contributed by atoms with Crippen molar-refractivity contribution < 1.29 is 0 Å². The number of rotatable bonds is 4. The zero-order valence-corrected chi connectivity index (χ0v) is 30.4. The minimum atomic E-state index is 0.298. The molecule has 2 fully saturated rings. The van der Waals surface area contributed by atoms with E-state index in [1.54, 1.807) is 0 Å². The van der Waals surface area contributed by atoms with E-state index in [0.717, 1.165) is 26.3 Å². The number of hydrogen-bond acceptors (Lipinski definition) is 4. The monoisotopic (exact) mass is 614 g/mol. The number of nitrogens with zero attached hydrogens (tertiary/aromatic N) is 4. The molecule has 3 aromatic carbocycles. The van der Waals surface area contributed by atoms with Gasteiger partial charge in [-0.3, -0.25) is 0 Å². The smallest absolute Gasteiger partial charge is 0.135 e. The van der Waals surface area contributed by atoms with Crippen molar-refractivity contribution in [2.24, 2.45) is 5.92 Å². The molecule has 0 bridgehead atoms. The molecule has 2 unspecified atom stereocenters. The first kappa shape index (κ1) is 32.0. The minimum Gasteiger partial charge on any atom is -0.347 e. The van der Waals surface area contributed by atoms with Gasteiger partial charge in [-0.1, -0.05) is 83.3 Å². The maximum Gasteiger partial charge on any atom is 0.135 e. The van der Waals surface area contributed by atoms with Crippen molar-refractivity contribution in [3.63, 3.8) is 0 Å². The highest BCUT2D eigenvalue weighted by Crippen LogP contribution is 2.44. The second-order valence-electron chi connectivity index (χ2n) is 14.7. The molecule has 6 rings (SSSR count). The van der Waals surface area contributed by atoms with Gasteiger partial charge in [-0.2, -0.15) is 0 Å². The van der Waals surface area contributed by atoms with Crippen LogP contribution in [0.5, 0.6) is 0 Å². The molecule has 0 saturated carbocycles. The van der Waals surface area contributed by atoms with Crippen LogP contribution in [0.3, 0.4) is 0 Å². The van der Waals surface area contributed by atoms with Crippen LogP contribution in [0.2, 0.25) is 0 Å². The molecule has 3 aliphatic rings. The first-order chi connectivity index (χ1) is 21.7. The van der Waals surface area contributed by atoms with Crippen LogP contribution >= 0.6 is 0 Å². The molecule has 2 saturated heterocycles. The highest BCUT2D eigenvalue weighted by Gasteiger charge is 2.42. The SMILES string of the molecule is CC1=CC(C)C(N2CN(c3c(C)cc(C)cc3C)CC2=C2N(c3c(C)cc(C)cc3C)CCN2c2c(C)cc(C)cc2C)C(C)=C1. The van der Waals surface area contributed by atoms with Crippen LogP contribution in [-0.2, 0) is 0 Å². The van der Waals surface area contributed by atoms with Gasteiger partial charge in [0.2, 0.25) is 0 Å². The summed E-state index contributed by atoms with van der Waals surface area (Å²) < 4.78 is 0. The quantitative estimate of drug-likeness (QED) is 0.290. The van der Waals surface area contributed by atoms with Gasteiger partial charge in [0.15, 0.2) is 0 Å². The predicted octanol–water partition coefficient (Wildman–Crippen LogP) is 9.65. The summed E-state index contributed by atoms with van der Waals surface area (Å²) in [5.41, 5.74) is 20.4. The summed E-state index contributed by atoms with van der Waals surface area (Å²) in [6.07, 6.45) is 4.88. The van der Waals surface area contributed by atoms with Crippen LogP contribution in [0.1, 0.15) is 70.8 Å². The van der Waals surface area contributed by atoms with E-state index in [1.807, 2.05) is 0 Å². The van der Waals surface area contributed by atoms with Gasteiger partial charge in [0.1, 0.15) is 5.82 Å². The van der Waals surface area contributed by atoms with Crippen LogP contribution < -0.4 is 14.7 Å². The number of benzene rings is 3. The zero-order chi connectivity index (χ0) is 33.2. The van der Waals surface area contributed by atoms with Gasteiger partial charge in [0.25, 0.3) is 0 Å². The second-order valence-corrected chi connectivity index (χ2v) is 14.7. The molecule has 4 heteroatoms. The van der Waals surface area contributed by atoms with E-state index in [-0.39, 0.29) is 0 Å². The van der Waals surface area contributed by atoms with E-state index >= 15 is 0 Å². The topological polar surface area (TPSA) is 13.0 Å².